The van der Waals surface area contributed by atoms with Crippen molar-refractivity contribution in [1.29, 1.82) is 0 Å². The van der Waals surface area contributed by atoms with E-state index in [0.29, 0.717) is 0 Å². The Kier molecular flexibility index (Phi) is 4.97. The molecule has 3 nitrogen and oxygen atoms in total. The summed E-state index contributed by atoms with van der Waals surface area (Å²) in [6.07, 6.45) is 0. The SMILES string of the molecule is CNCC(C)(C)N(C)Cc1cccc(OC)c1. The lowest BCUT2D eigenvalue weighted by Crippen LogP contribution is -2.47. The zero-order valence-electron chi connectivity index (χ0n) is 11.6. The second-order valence-electron chi connectivity index (χ2n) is 5.05. The molecule has 0 aliphatic rings. The maximum atomic E-state index is 5.24. The Bertz CT molecular complexity index is 350. The van der Waals surface area contributed by atoms with E-state index in [9.17, 15) is 0 Å². The highest BCUT2D eigenvalue weighted by Crippen LogP contribution is 2.18. The van der Waals surface area contributed by atoms with Crippen LogP contribution in [0.25, 0.3) is 0 Å². The van der Waals surface area contributed by atoms with Crippen molar-refractivity contribution in [2.75, 3.05) is 27.7 Å². The minimum absolute atomic E-state index is 0.137. The smallest absolute Gasteiger partial charge is 0.119 e. The van der Waals surface area contributed by atoms with E-state index in [2.05, 4.69) is 43.2 Å². The summed E-state index contributed by atoms with van der Waals surface area (Å²) in [4.78, 5) is 2.35. The van der Waals surface area contributed by atoms with Crippen molar-refractivity contribution in [1.82, 2.24) is 10.2 Å². The van der Waals surface area contributed by atoms with Gasteiger partial charge in [-0.05, 0) is 45.6 Å². The largest absolute Gasteiger partial charge is 0.497 e. The van der Waals surface area contributed by atoms with Crippen LogP contribution in [0.1, 0.15) is 19.4 Å². The van der Waals surface area contributed by atoms with Crippen LogP contribution in [0.2, 0.25) is 0 Å². The molecule has 0 spiro atoms. The molecule has 0 unspecified atom stereocenters. The molecular formula is C14H24N2O. The molecule has 96 valence electrons. The molecule has 0 fully saturated rings. The van der Waals surface area contributed by atoms with Gasteiger partial charge in [-0.2, -0.15) is 0 Å². The third kappa shape index (κ3) is 4.02. The summed E-state index contributed by atoms with van der Waals surface area (Å²) >= 11 is 0. The Morgan fingerprint density at radius 2 is 2.06 bits per heavy atom. The highest BCUT2D eigenvalue weighted by atomic mass is 16.5. The molecule has 1 aromatic carbocycles. The molecule has 0 heterocycles. The normalized spacial score (nSPS) is 11.9. The highest BCUT2D eigenvalue weighted by Gasteiger charge is 2.22. The molecule has 0 bridgehead atoms. The Morgan fingerprint density at radius 1 is 1.35 bits per heavy atom. The molecule has 0 aromatic heterocycles. The minimum Gasteiger partial charge on any atom is -0.497 e. The fourth-order valence-corrected chi connectivity index (χ4v) is 1.83. The fourth-order valence-electron chi connectivity index (χ4n) is 1.83. The Balaban J connectivity index is 2.69. The number of benzene rings is 1. The van der Waals surface area contributed by atoms with E-state index >= 15 is 0 Å². The van der Waals surface area contributed by atoms with Crippen molar-refractivity contribution in [3.8, 4) is 5.75 Å². The van der Waals surface area contributed by atoms with Crippen LogP contribution in [0.5, 0.6) is 5.75 Å². The first kappa shape index (κ1) is 14.0. The van der Waals surface area contributed by atoms with E-state index in [0.717, 1.165) is 18.8 Å². The molecule has 0 atom stereocenters. The molecule has 1 N–H and O–H groups in total. The lowest BCUT2D eigenvalue weighted by molar-refractivity contribution is 0.147. The number of hydrogen-bond acceptors (Lipinski definition) is 3. The van der Waals surface area contributed by atoms with E-state index in [1.165, 1.54) is 5.56 Å². The summed E-state index contributed by atoms with van der Waals surface area (Å²) in [5.74, 6) is 0.919. The molecule has 0 saturated carbocycles. The first-order valence-electron chi connectivity index (χ1n) is 5.98. The van der Waals surface area contributed by atoms with Crippen molar-refractivity contribution in [3.05, 3.63) is 29.8 Å². The number of nitrogens with one attached hydrogen (secondary N) is 1. The number of ether oxygens (including phenoxy) is 1. The zero-order chi connectivity index (χ0) is 12.9. The molecule has 1 aromatic rings. The number of nitrogens with zero attached hydrogens (tertiary/aromatic N) is 1. The van der Waals surface area contributed by atoms with Gasteiger partial charge < -0.3 is 10.1 Å². The average molecular weight is 236 g/mol. The monoisotopic (exact) mass is 236 g/mol. The predicted molar refractivity (Wildman–Crippen MR) is 72.5 cm³/mol. The fraction of sp³-hybridized carbons (Fsp3) is 0.571. The van der Waals surface area contributed by atoms with Crippen LogP contribution in [0.15, 0.2) is 24.3 Å². The van der Waals surface area contributed by atoms with Gasteiger partial charge in [-0.15, -0.1) is 0 Å². The Morgan fingerprint density at radius 3 is 2.65 bits per heavy atom. The van der Waals surface area contributed by atoms with Crippen LogP contribution < -0.4 is 10.1 Å². The van der Waals surface area contributed by atoms with Crippen LogP contribution in [0.3, 0.4) is 0 Å². The lowest BCUT2D eigenvalue weighted by Gasteiger charge is -2.35. The van der Waals surface area contributed by atoms with E-state index < -0.39 is 0 Å². The molecular weight excluding hydrogens is 212 g/mol. The van der Waals surface area contributed by atoms with Crippen molar-refractivity contribution in [2.24, 2.45) is 0 Å². The van der Waals surface area contributed by atoms with Crippen LogP contribution in [0.4, 0.5) is 0 Å². The van der Waals surface area contributed by atoms with E-state index in [1.807, 2.05) is 19.2 Å². The molecule has 17 heavy (non-hydrogen) atoms. The number of likely N-dealkylation sites (N-methyl/N-ethyl adjacent to an activating group) is 2. The first-order chi connectivity index (χ1) is 7.99. The minimum atomic E-state index is 0.137. The van der Waals surface area contributed by atoms with Crippen molar-refractivity contribution in [3.63, 3.8) is 0 Å². The molecule has 0 radical (unpaired) electrons. The molecule has 0 aliphatic carbocycles. The zero-order valence-corrected chi connectivity index (χ0v) is 11.6. The topological polar surface area (TPSA) is 24.5 Å². The quantitative estimate of drug-likeness (QED) is 0.819. The number of hydrogen-bond donors (Lipinski definition) is 1. The van der Waals surface area contributed by atoms with E-state index in [4.69, 9.17) is 4.74 Å². The number of rotatable bonds is 6. The lowest BCUT2D eigenvalue weighted by atomic mass is 10.0. The Labute approximate surface area is 105 Å². The second-order valence-corrected chi connectivity index (χ2v) is 5.05. The van der Waals surface area contributed by atoms with E-state index in [-0.39, 0.29) is 5.54 Å². The van der Waals surface area contributed by atoms with Crippen molar-refractivity contribution >= 4 is 0 Å². The molecule has 3 heteroatoms. The van der Waals surface area contributed by atoms with Gasteiger partial charge in [0.15, 0.2) is 0 Å². The predicted octanol–water partition coefficient (Wildman–Crippen LogP) is 2.12. The van der Waals surface area contributed by atoms with Crippen LogP contribution >= 0.6 is 0 Å². The first-order valence-corrected chi connectivity index (χ1v) is 5.98. The summed E-state index contributed by atoms with van der Waals surface area (Å²) < 4.78 is 5.24. The Hall–Kier alpha value is -1.06. The highest BCUT2D eigenvalue weighted by molar-refractivity contribution is 5.28. The molecule has 0 aliphatic heterocycles. The van der Waals surface area contributed by atoms with Gasteiger partial charge in [0.2, 0.25) is 0 Å². The molecule has 0 saturated heterocycles. The third-order valence-electron chi connectivity index (χ3n) is 3.20. The van der Waals surface area contributed by atoms with Crippen molar-refractivity contribution in [2.45, 2.75) is 25.9 Å². The van der Waals surface area contributed by atoms with Crippen LogP contribution in [-0.4, -0.2) is 38.2 Å². The summed E-state index contributed by atoms with van der Waals surface area (Å²) in [7, 11) is 5.84. The van der Waals surface area contributed by atoms with Gasteiger partial charge in [0.1, 0.15) is 5.75 Å². The average Bonchev–Trinajstić information content (AvgIpc) is 2.29. The standard InChI is InChI=1S/C14H24N2O/c1-14(2,11-15-3)16(4)10-12-7-6-8-13(9-12)17-5/h6-9,15H,10-11H2,1-5H3. The van der Waals surface area contributed by atoms with Crippen molar-refractivity contribution < 1.29 is 4.74 Å². The van der Waals surface area contributed by atoms with Gasteiger partial charge in [-0.3, -0.25) is 4.90 Å². The summed E-state index contributed by atoms with van der Waals surface area (Å²) in [6.45, 7) is 6.37. The second kappa shape index (κ2) is 6.03. The van der Waals surface area contributed by atoms with Gasteiger partial charge in [-0.25, -0.2) is 0 Å². The van der Waals surface area contributed by atoms with Gasteiger partial charge in [0.05, 0.1) is 7.11 Å². The van der Waals surface area contributed by atoms with Gasteiger partial charge in [0, 0.05) is 18.6 Å². The summed E-state index contributed by atoms with van der Waals surface area (Å²) in [5.41, 5.74) is 1.41. The number of methoxy groups -OCH3 is 1. The molecule has 1 rings (SSSR count). The maximum Gasteiger partial charge on any atom is 0.119 e. The van der Waals surface area contributed by atoms with Gasteiger partial charge >= 0.3 is 0 Å². The van der Waals surface area contributed by atoms with Crippen LogP contribution in [0, 0.1) is 0 Å². The maximum absolute atomic E-state index is 5.24. The summed E-state index contributed by atoms with van der Waals surface area (Å²) in [6, 6.07) is 8.23. The third-order valence-corrected chi connectivity index (χ3v) is 3.20. The van der Waals surface area contributed by atoms with E-state index in [1.54, 1.807) is 7.11 Å². The van der Waals surface area contributed by atoms with Crippen LogP contribution in [-0.2, 0) is 6.54 Å². The summed E-state index contributed by atoms with van der Waals surface area (Å²) in [5, 5.41) is 3.23. The van der Waals surface area contributed by atoms with Gasteiger partial charge in [0.25, 0.3) is 0 Å². The molecule has 0 amide bonds. The van der Waals surface area contributed by atoms with Gasteiger partial charge in [-0.1, -0.05) is 12.1 Å².